The Morgan fingerprint density at radius 2 is 1.77 bits per heavy atom. The number of aromatic amines is 2. The molecule has 0 saturated carbocycles. The molecular formula is C30H21N7O2. The van der Waals surface area contributed by atoms with Crippen LogP contribution in [-0.4, -0.2) is 36.0 Å². The molecule has 0 fully saturated rings. The predicted molar refractivity (Wildman–Crippen MR) is 149 cm³/mol. The van der Waals surface area contributed by atoms with E-state index in [4.69, 9.17) is 4.42 Å². The number of carbonyl (C=O) groups excluding carboxylic acids is 1. The topological polar surface area (TPSA) is 125 Å². The Kier molecular flexibility index (Phi) is 5.44. The summed E-state index contributed by atoms with van der Waals surface area (Å²) in [6.45, 7) is 0. The van der Waals surface area contributed by atoms with Gasteiger partial charge < -0.3 is 14.7 Å². The Labute approximate surface area is 222 Å². The molecule has 0 aliphatic heterocycles. The first-order chi connectivity index (χ1) is 19.2. The van der Waals surface area contributed by atoms with E-state index in [1.165, 1.54) is 0 Å². The van der Waals surface area contributed by atoms with Gasteiger partial charge in [-0.3, -0.25) is 24.8 Å². The molecule has 6 aromatic heterocycles. The van der Waals surface area contributed by atoms with Crippen molar-refractivity contribution in [1.82, 2.24) is 30.1 Å². The molecule has 9 heteroatoms. The van der Waals surface area contributed by atoms with E-state index in [1.807, 2.05) is 54.7 Å². The third-order valence-corrected chi connectivity index (χ3v) is 6.61. The van der Waals surface area contributed by atoms with Crippen LogP contribution in [-0.2, 0) is 11.2 Å². The number of pyridine rings is 3. The molecule has 188 valence electrons. The number of anilines is 1. The molecule has 0 aliphatic rings. The van der Waals surface area contributed by atoms with Crippen molar-refractivity contribution in [3.05, 3.63) is 104 Å². The molecule has 0 radical (unpaired) electrons. The Hall–Kier alpha value is -5.57. The van der Waals surface area contributed by atoms with Gasteiger partial charge >= 0.3 is 0 Å². The monoisotopic (exact) mass is 511 g/mol. The van der Waals surface area contributed by atoms with Crippen LogP contribution in [0.15, 0.2) is 103 Å². The van der Waals surface area contributed by atoms with E-state index >= 15 is 0 Å². The van der Waals surface area contributed by atoms with Crippen molar-refractivity contribution < 1.29 is 9.21 Å². The smallest absolute Gasteiger partial charge is 0.228 e. The predicted octanol–water partition coefficient (Wildman–Crippen LogP) is 6.00. The van der Waals surface area contributed by atoms with Gasteiger partial charge in [0, 0.05) is 39.9 Å². The van der Waals surface area contributed by atoms with Crippen LogP contribution in [0.2, 0.25) is 0 Å². The maximum absolute atomic E-state index is 12.6. The van der Waals surface area contributed by atoms with Gasteiger partial charge in [0.25, 0.3) is 0 Å². The molecule has 0 atom stereocenters. The maximum atomic E-state index is 12.6. The second-order valence-corrected chi connectivity index (χ2v) is 9.20. The van der Waals surface area contributed by atoms with Gasteiger partial charge in [-0.15, -0.1) is 0 Å². The van der Waals surface area contributed by atoms with Crippen molar-refractivity contribution in [1.29, 1.82) is 0 Å². The molecule has 39 heavy (non-hydrogen) atoms. The maximum Gasteiger partial charge on any atom is 0.228 e. The van der Waals surface area contributed by atoms with Crippen LogP contribution in [0.25, 0.3) is 55.6 Å². The first-order valence-corrected chi connectivity index (χ1v) is 12.3. The molecule has 0 saturated heterocycles. The van der Waals surface area contributed by atoms with Gasteiger partial charge in [0.1, 0.15) is 5.69 Å². The van der Waals surface area contributed by atoms with E-state index in [2.05, 4.69) is 41.5 Å². The van der Waals surface area contributed by atoms with Crippen LogP contribution in [0.1, 0.15) is 5.56 Å². The summed E-state index contributed by atoms with van der Waals surface area (Å²) in [4.78, 5) is 29.3. The van der Waals surface area contributed by atoms with Crippen LogP contribution in [0.4, 0.5) is 5.69 Å². The van der Waals surface area contributed by atoms with Crippen molar-refractivity contribution in [2.75, 3.05) is 5.32 Å². The normalized spacial score (nSPS) is 11.3. The van der Waals surface area contributed by atoms with Gasteiger partial charge in [0.05, 0.1) is 65.6 Å². The van der Waals surface area contributed by atoms with Gasteiger partial charge in [0.2, 0.25) is 5.91 Å². The standard InChI is InChI=1S/C30H21N7O2/c38-29(8-18-4-2-1-3-5-18)34-21-9-20(12-31-13-21)25-11-23-28(16-33-25)36-37-30(23)26-10-22-24(19-6-7-39-17-19)14-32-15-27(22)35-26/h1-7,9-17,35H,8H2,(H,34,38)(H,36,37). The largest absolute Gasteiger partial charge is 0.472 e. The lowest BCUT2D eigenvalue weighted by Gasteiger charge is -2.07. The number of aromatic nitrogens is 6. The van der Waals surface area contributed by atoms with Crippen molar-refractivity contribution in [3.63, 3.8) is 0 Å². The fraction of sp³-hybridized carbons (Fsp3) is 0.0333. The number of nitrogens with one attached hydrogen (secondary N) is 3. The minimum Gasteiger partial charge on any atom is -0.472 e. The van der Waals surface area contributed by atoms with Crippen molar-refractivity contribution >= 4 is 33.4 Å². The number of hydrogen-bond donors (Lipinski definition) is 3. The van der Waals surface area contributed by atoms with Crippen LogP contribution in [0.3, 0.4) is 0 Å². The zero-order valence-corrected chi connectivity index (χ0v) is 20.6. The van der Waals surface area contributed by atoms with E-state index < -0.39 is 0 Å². The van der Waals surface area contributed by atoms with Crippen LogP contribution in [0, 0.1) is 0 Å². The lowest BCUT2D eigenvalue weighted by Crippen LogP contribution is -2.14. The number of carbonyl (C=O) groups is 1. The molecule has 1 amide bonds. The van der Waals surface area contributed by atoms with E-state index in [0.29, 0.717) is 11.4 Å². The highest BCUT2D eigenvalue weighted by molar-refractivity contribution is 6.01. The highest BCUT2D eigenvalue weighted by Gasteiger charge is 2.16. The van der Waals surface area contributed by atoms with E-state index in [0.717, 1.165) is 55.4 Å². The highest BCUT2D eigenvalue weighted by atomic mass is 16.3. The molecule has 7 aromatic rings. The number of rotatable bonds is 6. The average Bonchev–Trinajstić information content (AvgIpc) is 3.73. The van der Waals surface area contributed by atoms with E-state index in [1.54, 1.807) is 37.3 Å². The Balaban J connectivity index is 1.21. The fourth-order valence-corrected chi connectivity index (χ4v) is 4.74. The SMILES string of the molecule is O=C(Cc1ccccc1)Nc1cncc(-c2cc3c(-c4cc5c(-c6ccoc6)cncc5[nH]4)n[nH]c3cn2)c1. The third-order valence-electron chi connectivity index (χ3n) is 6.61. The zero-order chi connectivity index (χ0) is 26.2. The number of amides is 1. The summed E-state index contributed by atoms with van der Waals surface area (Å²) in [5, 5.41) is 12.5. The lowest BCUT2D eigenvalue weighted by atomic mass is 10.1. The van der Waals surface area contributed by atoms with Crippen LogP contribution in [0.5, 0.6) is 0 Å². The summed E-state index contributed by atoms with van der Waals surface area (Å²) in [5.74, 6) is -0.108. The summed E-state index contributed by atoms with van der Waals surface area (Å²) in [7, 11) is 0. The number of fused-ring (bicyclic) bond motifs is 2. The Morgan fingerprint density at radius 3 is 2.64 bits per heavy atom. The number of benzene rings is 1. The number of nitrogens with zero attached hydrogens (tertiary/aromatic N) is 4. The Morgan fingerprint density at radius 1 is 0.872 bits per heavy atom. The molecule has 6 heterocycles. The van der Waals surface area contributed by atoms with Crippen LogP contribution < -0.4 is 5.32 Å². The highest BCUT2D eigenvalue weighted by Crippen LogP contribution is 2.34. The number of furan rings is 1. The minimum absolute atomic E-state index is 0.108. The van der Waals surface area contributed by atoms with Crippen LogP contribution >= 0.6 is 0 Å². The van der Waals surface area contributed by atoms with Gasteiger partial charge in [-0.05, 0) is 29.8 Å². The second-order valence-electron chi connectivity index (χ2n) is 9.20. The van der Waals surface area contributed by atoms with Gasteiger partial charge in [0.15, 0.2) is 0 Å². The van der Waals surface area contributed by atoms with Crippen molar-refractivity contribution in [3.8, 4) is 33.8 Å². The molecule has 0 unspecified atom stereocenters. The minimum atomic E-state index is -0.108. The summed E-state index contributed by atoms with van der Waals surface area (Å²) >= 11 is 0. The van der Waals surface area contributed by atoms with Gasteiger partial charge in [-0.1, -0.05) is 30.3 Å². The summed E-state index contributed by atoms with van der Waals surface area (Å²) in [5.41, 5.74) is 8.32. The fourth-order valence-electron chi connectivity index (χ4n) is 4.74. The molecule has 9 nitrogen and oxygen atoms in total. The van der Waals surface area contributed by atoms with Gasteiger partial charge in [-0.2, -0.15) is 5.10 Å². The molecule has 0 bridgehead atoms. The number of H-pyrrole nitrogens is 2. The molecule has 0 spiro atoms. The summed E-state index contributed by atoms with van der Waals surface area (Å²) in [6, 6.07) is 17.4. The third kappa shape index (κ3) is 4.31. The summed E-state index contributed by atoms with van der Waals surface area (Å²) < 4.78 is 5.28. The quantitative estimate of drug-likeness (QED) is 0.251. The van der Waals surface area contributed by atoms with Crippen molar-refractivity contribution in [2.45, 2.75) is 6.42 Å². The molecule has 7 rings (SSSR count). The first kappa shape index (κ1) is 22.6. The molecular weight excluding hydrogens is 490 g/mol. The first-order valence-electron chi connectivity index (χ1n) is 12.3. The lowest BCUT2D eigenvalue weighted by molar-refractivity contribution is -0.115. The molecule has 3 N–H and O–H groups in total. The Bertz CT molecular complexity index is 1940. The number of hydrogen-bond acceptors (Lipinski definition) is 6. The zero-order valence-electron chi connectivity index (χ0n) is 20.6. The second kappa shape index (κ2) is 9.38. The van der Waals surface area contributed by atoms with Gasteiger partial charge in [-0.25, -0.2) is 0 Å². The summed E-state index contributed by atoms with van der Waals surface area (Å²) in [6.07, 6.45) is 12.4. The molecule has 1 aromatic carbocycles. The molecule has 0 aliphatic carbocycles. The van der Waals surface area contributed by atoms with Crippen molar-refractivity contribution in [2.24, 2.45) is 0 Å². The van der Waals surface area contributed by atoms with E-state index in [-0.39, 0.29) is 12.3 Å². The average molecular weight is 512 g/mol. The van der Waals surface area contributed by atoms with E-state index in [9.17, 15) is 4.79 Å².